The Morgan fingerprint density at radius 3 is 2.70 bits per heavy atom. The fraction of sp³-hybridized carbons (Fsp3) is 0.429. The van der Waals surface area contributed by atoms with E-state index >= 15 is 0 Å². The number of carbonyl (C=O) groups is 2. The Hall–Kier alpha value is -1.78. The fourth-order valence-electron chi connectivity index (χ4n) is 3.81. The number of Topliss-reactive ketones (excluding diaryl/α,β-unsaturated/α-hetero) is 1. The second-order valence-corrected chi connectivity index (χ2v) is 8.35. The van der Waals surface area contributed by atoms with Gasteiger partial charge in [0, 0.05) is 28.3 Å². The van der Waals surface area contributed by atoms with Gasteiger partial charge in [0.05, 0.1) is 22.2 Å². The Bertz CT molecular complexity index is 883. The molecule has 1 atom stereocenters. The molecule has 0 fully saturated rings. The average Bonchev–Trinajstić information content (AvgIpc) is 2.60. The highest BCUT2D eigenvalue weighted by molar-refractivity contribution is 6.42. The minimum absolute atomic E-state index is 0.0200. The molecule has 0 radical (unpaired) electrons. The van der Waals surface area contributed by atoms with Crippen molar-refractivity contribution in [3.8, 4) is 0 Å². The summed E-state index contributed by atoms with van der Waals surface area (Å²) in [6.07, 6.45) is 1.48. The first-order chi connectivity index (χ1) is 12.7. The van der Waals surface area contributed by atoms with Crippen LogP contribution in [0.15, 0.2) is 40.7 Å². The predicted molar refractivity (Wildman–Crippen MR) is 107 cm³/mol. The molecule has 1 aromatic rings. The highest BCUT2D eigenvalue weighted by Crippen LogP contribution is 2.49. The van der Waals surface area contributed by atoms with Crippen LogP contribution < -0.4 is 5.32 Å². The van der Waals surface area contributed by atoms with Crippen LogP contribution in [0, 0.1) is 5.41 Å². The SMILES string of the molecule is CCOC(=O)C1=C(C)NC2=C(C(=O)C(C)(C)CC2)C1c1cccc(Cl)c1Cl. The average molecular weight is 408 g/mol. The quantitative estimate of drug-likeness (QED) is 0.702. The number of halogens is 2. The standard InChI is InChI=1S/C21H23Cl2NO3/c1-5-27-20(26)15-11(2)24-14-9-10-21(3,4)19(25)17(14)16(15)12-7-6-8-13(22)18(12)23/h6-8,16,24H,5,9-10H2,1-4H3. The minimum Gasteiger partial charge on any atom is -0.463 e. The van der Waals surface area contributed by atoms with Crippen molar-refractivity contribution in [2.75, 3.05) is 6.61 Å². The van der Waals surface area contributed by atoms with E-state index in [9.17, 15) is 9.59 Å². The zero-order chi connectivity index (χ0) is 19.9. The van der Waals surface area contributed by atoms with E-state index < -0.39 is 17.3 Å². The molecule has 3 rings (SSSR count). The molecule has 4 nitrogen and oxygen atoms in total. The second-order valence-electron chi connectivity index (χ2n) is 7.57. The lowest BCUT2D eigenvalue weighted by Crippen LogP contribution is -2.40. The van der Waals surface area contributed by atoms with Gasteiger partial charge in [-0.05, 0) is 38.3 Å². The molecule has 1 aliphatic carbocycles. The number of rotatable bonds is 3. The molecule has 0 aromatic heterocycles. The molecule has 0 spiro atoms. The molecular weight excluding hydrogens is 385 g/mol. The third-order valence-electron chi connectivity index (χ3n) is 5.29. The maximum Gasteiger partial charge on any atom is 0.336 e. The first-order valence-corrected chi connectivity index (χ1v) is 9.81. The molecule has 144 valence electrons. The number of allylic oxidation sites excluding steroid dienone is 3. The summed E-state index contributed by atoms with van der Waals surface area (Å²) in [6.45, 7) is 7.70. The van der Waals surface area contributed by atoms with Crippen molar-refractivity contribution < 1.29 is 14.3 Å². The van der Waals surface area contributed by atoms with Gasteiger partial charge in [0.1, 0.15) is 0 Å². The molecule has 0 bridgehead atoms. The maximum atomic E-state index is 13.3. The largest absolute Gasteiger partial charge is 0.463 e. The van der Waals surface area contributed by atoms with Gasteiger partial charge in [0.25, 0.3) is 0 Å². The summed E-state index contributed by atoms with van der Waals surface area (Å²) in [6, 6.07) is 5.29. The Kier molecular flexibility index (Phi) is 5.42. The highest BCUT2D eigenvalue weighted by Gasteiger charge is 2.45. The van der Waals surface area contributed by atoms with Crippen molar-refractivity contribution in [2.45, 2.75) is 46.5 Å². The van der Waals surface area contributed by atoms with Gasteiger partial charge < -0.3 is 10.1 Å². The summed E-state index contributed by atoms with van der Waals surface area (Å²) in [5, 5.41) is 4.01. The number of dihydropyridines is 1. The number of hydrogen-bond donors (Lipinski definition) is 1. The van der Waals surface area contributed by atoms with Crippen LogP contribution in [0.25, 0.3) is 0 Å². The Morgan fingerprint density at radius 2 is 2.04 bits per heavy atom. The number of hydrogen-bond acceptors (Lipinski definition) is 4. The molecule has 0 amide bonds. The summed E-state index contributed by atoms with van der Waals surface area (Å²) < 4.78 is 5.29. The molecule has 1 aliphatic heterocycles. The van der Waals surface area contributed by atoms with Crippen LogP contribution >= 0.6 is 23.2 Å². The molecule has 0 saturated heterocycles. The van der Waals surface area contributed by atoms with Crippen molar-refractivity contribution in [1.82, 2.24) is 5.32 Å². The zero-order valence-electron chi connectivity index (χ0n) is 15.9. The Labute approximate surface area is 169 Å². The normalized spacial score (nSPS) is 21.7. The topological polar surface area (TPSA) is 55.4 Å². The van der Waals surface area contributed by atoms with Crippen LogP contribution in [0.3, 0.4) is 0 Å². The number of esters is 1. The maximum absolute atomic E-state index is 13.3. The third-order valence-corrected chi connectivity index (χ3v) is 6.13. The molecule has 2 aliphatic rings. The molecule has 0 saturated carbocycles. The van der Waals surface area contributed by atoms with Crippen molar-refractivity contribution in [1.29, 1.82) is 0 Å². The van der Waals surface area contributed by atoms with Crippen molar-refractivity contribution in [3.05, 3.63) is 56.3 Å². The van der Waals surface area contributed by atoms with E-state index in [2.05, 4.69) is 5.32 Å². The molecule has 1 N–H and O–H groups in total. The summed E-state index contributed by atoms with van der Waals surface area (Å²) in [5.74, 6) is -1.03. The summed E-state index contributed by atoms with van der Waals surface area (Å²) in [5.41, 5.74) is 2.67. The lowest BCUT2D eigenvalue weighted by atomic mass is 9.67. The van der Waals surface area contributed by atoms with Crippen LogP contribution in [0.4, 0.5) is 0 Å². The van der Waals surface area contributed by atoms with Gasteiger partial charge in [-0.15, -0.1) is 0 Å². The van der Waals surface area contributed by atoms with E-state index in [1.807, 2.05) is 26.8 Å². The lowest BCUT2D eigenvalue weighted by molar-refractivity contribution is -0.138. The van der Waals surface area contributed by atoms with Gasteiger partial charge in [-0.1, -0.05) is 49.2 Å². The van der Waals surface area contributed by atoms with Gasteiger partial charge in [-0.3, -0.25) is 4.79 Å². The van der Waals surface area contributed by atoms with E-state index in [4.69, 9.17) is 27.9 Å². The Morgan fingerprint density at radius 1 is 1.33 bits per heavy atom. The van der Waals surface area contributed by atoms with Crippen LogP contribution in [-0.2, 0) is 14.3 Å². The monoisotopic (exact) mass is 407 g/mol. The van der Waals surface area contributed by atoms with Crippen LogP contribution in [0.2, 0.25) is 10.0 Å². The smallest absolute Gasteiger partial charge is 0.336 e. The fourth-order valence-corrected chi connectivity index (χ4v) is 4.23. The van der Waals surface area contributed by atoms with Gasteiger partial charge in [0.2, 0.25) is 0 Å². The Balaban J connectivity index is 2.26. The first-order valence-electron chi connectivity index (χ1n) is 9.05. The van der Waals surface area contributed by atoms with Gasteiger partial charge in [-0.2, -0.15) is 0 Å². The third kappa shape index (κ3) is 3.41. The molecular formula is C21H23Cl2NO3. The van der Waals surface area contributed by atoms with E-state index in [0.717, 1.165) is 18.5 Å². The number of benzene rings is 1. The van der Waals surface area contributed by atoms with Crippen molar-refractivity contribution in [3.63, 3.8) is 0 Å². The molecule has 1 aromatic carbocycles. The number of nitrogens with one attached hydrogen (secondary N) is 1. The lowest BCUT2D eigenvalue weighted by Gasteiger charge is -2.39. The van der Waals surface area contributed by atoms with Gasteiger partial charge in [-0.25, -0.2) is 4.79 Å². The predicted octanol–water partition coefficient (Wildman–Crippen LogP) is 5.16. The highest BCUT2D eigenvalue weighted by atomic mass is 35.5. The van der Waals surface area contributed by atoms with Gasteiger partial charge >= 0.3 is 5.97 Å². The van der Waals surface area contributed by atoms with Crippen LogP contribution in [0.5, 0.6) is 0 Å². The van der Waals surface area contributed by atoms with E-state index in [1.165, 1.54) is 0 Å². The molecule has 1 unspecified atom stereocenters. The zero-order valence-corrected chi connectivity index (χ0v) is 17.4. The minimum atomic E-state index is -0.599. The second kappa shape index (κ2) is 7.33. The first kappa shape index (κ1) is 20.0. The van der Waals surface area contributed by atoms with Crippen molar-refractivity contribution >= 4 is 35.0 Å². The van der Waals surface area contributed by atoms with Gasteiger partial charge in [0.15, 0.2) is 5.78 Å². The van der Waals surface area contributed by atoms with Crippen LogP contribution in [-0.4, -0.2) is 18.4 Å². The molecule has 1 heterocycles. The number of ether oxygens (including phenoxy) is 1. The molecule has 27 heavy (non-hydrogen) atoms. The number of carbonyl (C=O) groups excluding carboxylic acids is 2. The van der Waals surface area contributed by atoms with E-state index in [0.29, 0.717) is 32.5 Å². The van der Waals surface area contributed by atoms with Crippen molar-refractivity contribution in [2.24, 2.45) is 5.41 Å². The van der Waals surface area contributed by atoms with Crippen LogP contribution in [0.1, 0.15) is 52.0 Å². The van der Waals surface area contributed by atoms with E-state index in [1.54, 1.807) is 19.1 Å². The molecule has 6 heteroatoms. The summed E-state index contributed by atoms with van der Waals surface area (Å²) in [7, 11) is 0. The summed E-state index contributed by atoms with van der Waals surface area (Å²) in [4.78, 5) is 26.1. The number of ketones is 1. The summed E-state index contributed by atoms with van der Waals surface area (Å²) >= 11 is 12.8. The van der Waals surface area contributed by atoms with E-state index in [-0.39, 0.29) is 12.4 Å².